The van der Waals surface area contributed by atoms with E-state index in [1.165, 1.54) is 18.3 Å². The van der Waals surface area contributed by atoms with Gasteiger partial charge in [0.2, 0.25) is 5.95 Å². The first-order valence-electron chi connectivity index (χ1n) is 7.42. The Bertz CT molecular complexity index is 966. The molecule has 1 aromatic heterocycles. The second-order valence-corrected chi connectivity index (χ2v) is 5.21. The minimum absolute atomic E-state index is 0.0119. The first kappa shape index (κ1) is 17.3. The third kappa shape index (κ3) is 4.12. The van der Waals surface area contributed by atoms with Crippen LogP contribution < -0.4 is 11.0 Å². The summed E-state index contributed by atoms with van der Waals surface area (Å²) in [5, 5.41) is 11.5. The summed E-state index contributed by atoms with van der Waals surface area (Å²) in [4.78, 5) is 14.5. The molecule has 0 unspecified atom stereocenters. The zero-order chi connectivity index (χ0) is 18.6. The summed E-state index contributed by atoms with van der Waals surface area (Å²) < 4.78 is 37.5. The Balaban J connectivity index is 1.69. The van der Waals surface area contributed by atoms with Crippen molar-refractivity contribution in [2.75, 3.05) is 5.43 Å². The molecule has 0 bridgehead atoms. The lowest BCUT2D eigenvalue weighted by Gasteiger charge is -2.05. The van der Waals surface area contributed by atoms with Crippen molar-refractivity contribution in [1.29, 1.82) is 0 Å². The Kier molecular flexibility index (Phi) is 4.78. The molecule has 0 fully saturated rings. The van der Waals surface area contributed by atoms with E-state index in [9.17, 15) is 18.0 Å². The van der Waals surface area contributed by atoms with Gasteiger partial charge in [0.15, 0.2) is 5.69 Å². The van der Waals surface area contributed by atoms with Crippen LogP contribution in [0.1, 0.15) is 11.1 Å². The molecule has 2 aromatic carbocycles. The second-order valence-electron chi connectivity index (χ2n) is 5.21. The summed E-state index contributed by atoms with van der Waals surface area (Å²) in [7, 11) is 0. The maximum atomic E-state index is 12.5. The lowest BCUT2D eigenvalue weighted by atomic mass is 10.1. The van der Waals surface area contributed by atoms with Gasteiger partial charge in [-0.2, -0.15) is 18.3 Å². The topological polar surface area (TPSA) is 83.0 Å². The molecule has 9 heteroatoms. The highest BCUT2D eigenvalue weighted by Gasteiger charge is 2.29. The van der Waals surface area contributed by atoms with Gasteiger partial charge in [-0.1, -0.05) is 42.5 Å². The van der Waals surface area contributed by atoms with Crippen LogP contribution >= 0.6 is 0 Å². The van der Waals surface area contributed by atoms with Crippen LogP contribution in [0.5, 0.6) is 0 Å². The molecule has 1 heterocycles. The van der Waals surface area contributed by atoms with E-state index in [0.29, 0.717) is 11.1 Å². The monoisotopic (exact) mass is 359 g/mol. The van der Waals surface area contributed by atoms with Crippen molar-refractivity contribution in [3.8, 4) is 11.3 Å². The number of hydrogen-bond donors (Lipinski definition) is 2. The fourth-order valence-electron chi connectivity index (χ4n) is 2.10. The number of aromatic amines is 1. The molecule has 3 aromatic rings. The molecule has 0 amide bonds. The van der Waals surface area contributed by atoms with Crippen molar-refractivity contribution >= 4 is 12.2 Å². The molecule has 0 aliphatic heterocycles. The van der Waals surface area contributed by atoms with Crippen LogP contribution in [0.4, 0.5) is 19.1 Å². The quantitative estimate of drug-likeness (QED) is 0.553. The number of alkyl halides is 3. The molecule has 0 aliphatic carbocycles. The lowest BCUT2D eigenvalue weighted by Crippen LogP contribution is -2.15. The van der Waals surface area contributed by atoms with Crippen LogP contribution in [-0.2, 0) is 6.18 Å². The molecule has 132 valence electrons. The van der Waals surface area contributed by atoms with Crippen LogP contribution in [0.15, 0.2) is 64.5 Å². The molecule has 0 aliphatic rings. The highest BCUT2D eigenvalue weighted by atomic mass is 19.4. The van der Waals surface area contributed by atoms with Gasteiger partial charge in [-0.15, -0.1) is 10.2 Å². The number of hydrazone groups is 1. The number of aromatic nitrogens is 3. The Labute approximate surface area is 145 Å². The number of anilines is 1. The Hall–Kier alpha value is -3.49. The first-order chi connectivity index (χ1) is 12.4. The summed E-state index contributed by atoms with van der Waals surface area (Å²) in [6.07, 6.45) is -3.09. The molecule has 0 radical (unpaired) electrons. The molecule has 0 spiro atoms. The first-order valence-corrected chi connectivity index (χ1v) is 7.42. The van der Waals surface area contributed by atoms with Gasteiger partial charge in [0.25, 0.3) is 5.56 Å². The summed E-state index contributed by atoms with van der Waals surface area (Å²) in [5.74, 6) is 0.0119. The number of H-pyrrole nitrogens is 1. The molecule has 6 nitrogen and oxygen atoms in total. The summed E-state index contributed by atoms with van der Waals surface area (Å²) >= 11 is 0. The van der Waals surface area contributed by atoms with E-state index >= 15 is 0 Å². The van der Waals surface area contributed by atoms with E-state index in [-0.39, 0.29) is 11.6 Å². The van der Waals surface area contributed by atoms with Crippen molar-refractivity contribution in [3.63, 3.8) is 0 Å². The smallest absolute Gasteiger partial charge is 0.288 e. The van der Waals surface area contributed by atoms with Crippen molar-refractivity contribution in [3.05, 3.63) is 76.1 Å². The van der Waals surface area contributed by atoms with Gasteiger partial charge < -0.3 is 0 Å². The summed E-state index contributed by atoms with van der Waals surface area (Å²) in [6, 6.07) is 13.3. The van der Waals surface area contributed by atoms with E-state index < -0.39 is 17.3 Å². The average Bonchev–Trinajstić information content (AvgIpc) is 2.62. The zero-order valence-corrected chi connectivity index (χ0v) is 13.2. The minimum atomic E-state index is -4.39. The van der Waals surface area contributed by atoms with Crippen LogP contribution in [0.3, 0.4) is 0 Å². The third-order valence-electron chi connectivity index (χ3n) is 3.37. The van der Waals surface area contributed by atoms with E-state index in [1.807, 2.05) is 6.07 Å². The van der Waals surface area contributed by atoms with Crippen molar-refractivity contribution < 1.29 is 13.2 Å². The second kappa shape index (κ2) is 7.18. The zero-order valence-electron chi connectivity index (χ0n) is 13.2. The predicted octanol–water partition coefficient (Wildman–Crippen LogP) is 3.30. The molecular formula is C17H12F3N5O. The number of halogens is 3. The minimum Gasteiger partial charge on any atom is -0.288 e. The molecule has 0 saturated heterocycles. The number of nitrogens with zero attached hydrogens (tertiary/aromatic N) is 3. The maximum absolute atomic E-state index is 12.5. The van der Waals surface area contributed by atoms with Crippen LogP contribution in [0.25, 0.3) is 11.3 Å². The molecule has 0 atom stereocenters. The van der Waals surface area contributed by atoms with Crippen LogP contribution in [0, 0.1) is 0 Å². The summed E-state index contributed by atoms with van der Waals surface area (Å²) in [5.41, 5.74) is 2.53. The van der Waals surface area contributed by atoms with Crippen LogP contribution in [0.2, 0.25) is 0 Å². The Morgan fingerprint density at radius 3 is 2.31 bits per heavy atom. The molecule has 0 saturated carbocycles. The van der Waals surface area contributed by atoms with Gasteiger partial charge in [0.05, 0.1) is 11.8 Å². The van der Waals surface area contributed by atoms with E-state index in [4.69, 9.17) is 0 Å². The fraction of sp³-hybridized carbons (Fsp3) is 0.0588. The van der Waals surface area contributed by atoms with E-state index in [0.717, 1.165) is 12.1 Å². The Morgan fingerprint density at radius 2 is 1.69 bits per heavy atom. The predicted molar refractivity (Wildman–Crippen MR) is 90.7 cm³/mol. The number of benzene rings is 2. The van der Waals surface area contributed by atoms with E-state index in [2.05, 4.69) is 25.7 Å². The van der Waals surface area contributed by atoms with Gasteiger partial charge in [-0.3, -0.25) is 9.78 Å². The van der Waals surface area contributed by atoms with Gasteiger partial charge in [0, 0.05) is 5.56 Å². The normalized spacial score (nSPS) is 11.7. The third-order valence-corrected chi connectivity index (χ3v) is 3.37. The number of hydrogen-bond acceptors (Lipinski definition) is 5. The highest BCUT2D eigenvalue weighted by Crippen LogP contribution is 2.28. The van der Waals surface area contributed by atoms with Gasteiger partial charge >= 0.3 is 6.18 Å². The average molecular weight is 359 g/mol. The highest BCUT2D eigenvalue weighted by molar-refractivity contribution is 5.80. The van der Waals surface area contributed by atoms with Gasteiger partial charge in [0.1, 0.15) is 0 Å². The molecule has 2 N–H and O–H groups in total. The summed E-state index contributed by atoms with van der Waals surface area (Å²) in [6.45, 7) is 0. The fourth-order valence-corrected chi connectivity index (χ4v) is 2.10. The SMILES string of the molecule is O=c1[nH]c(N/N=C/c2ccc(C(F)(F)F)cc2)nnc1-c1ccccc1. The molecular weight excluding hydrogens is 347 g/mol. The Morgan fingerprint density at radius 1 is 1.00 bits per heavy atom. The lowest BCUT2D eigenvalue weighted by molar-refractivity contribution is -0.137. The maximum Gasteiger partial charge on any atom is 0.416 e. The van der Waals surface area contributed by atoms with Gasteiger partial charge in [-0.25, -0.2) is 5.43 Å². The van der Waals surface area contributed by atoms with Crippen LogP contribution in [-0.4, -0.2) is 21.4 Å². The molecule has 3 rings (SSSR count). The largest absolute Gasteiger partial charge is 0.416 e. The standard InChI is InChI=1S/C17H12F3N5O/c18-17(19,20)13-8-6-11(7-9-13)10-21-24-16-22-15(26)14(23-25-16)12-4-2-1-3-5-12/h1-10H,(H2,22,24,25,26)/b21-10+. The number of nitrogens with one attached hydrogen (secondary N) is 2. The van der Waals surface area contributed by atoms with Gasteiger partial charge in [-0.05, 0) is 17.7 Å². The number of rotatable bonds is 4. The molecule has 26 heavy (non-hydrogen) atoms. The van der Waals surface area contributed by atoms with E-state index in [1.54, 1.807) is 24.3 Å². The van der Waals surface area contributed by atoms with Crippen molar-refractivity contribution in [2.45, 2.75) is 6.18 Å². The van der Waals surface area contributed by atoms with Crippen molar-refractivity contribution in [1.82, 2.24) is 15.2 Å². The van der Waals surface area contributed by atoms with Crippen molar-refractivity contribution in [2.24, 2.45) is 5.10 Å².